The first-order valence-electron chi connectivity index (χ1n) is 5.78. The van der Waals surface area contributed by atoms with Crippen molar-refractivity contribution in [3.05, 3.63) is 39.5 Å². The van der Waals surface area contributed by atoms with Crippen molar-refractivity contribution >= 4 is 28.5 Å². The van der Waals surface area contributed by atoms with Crippen molar-refractivity contribution in [2.24, 2.45) is 0 Å². The second-order valence-corrected chi connectivity index (χ2v) is 5.12. The summed E-state index contributed by atoms with van der Waals surface area (Å²) in [7, 11) is 0. The Balaban J connectivity index is 1.79. The Bertz CT molecular complexity index is 557. The molecule has 0 aliphatic carbocycles. The Hall–Kier alpha value is -1.64. The number of nitrogens with one attached hydrogen (secondary N) is 2. The van der Waals surface area contributed by atoms with E-state index in [0.29, 0.717) is 12.1 Å². The first-order chi connectivity index (χ1) is 9.16. The lowest BCUT2D eigenvalue weighted by Crippen LogP contribution is -2.24. The SMILES string of the molecule is O=C(NCCCc1ncn[nH]1)c1ccc(I)c(O)c1. The van der Waals surface area contributed by atoms with Crippen LogP contribution in [-0.2, 0) is 6.42 Å². The van der Waals surface area contributed by atoms with Crippen LogP contribution in [0.2, 0.25) is 0 Å². The highest BCUT2D eigenvalue weighted by atomic mass is 127. The zero-order valence-corrected chi connectivity index (χ0v) is 12.2. The molecule has 2 aromatic rings. The van der Waals surface area contributed by atoms with E-state index in [-0.39, 0.29) is 11.7 Å². The molecule has 0 unspecified atom stereocenters. The smallest absolute Gasteiger partial charge is 0.251 e. The van der Waals surface area contributed by atoms with Gasteiger partial charge in [-0.2, -0.15) is 5.10 Å². The van der Waals surface area contributed by atoms with E-state index < -0.39 is 0 Å². The predicted molar refractivity (Wildman–Crippen MR) is 77.9 cm³/mol. The lowest BCUT2D eigenvalue weighted by Gasteiger charge is -2.05. The number of halogens is 1. The number of aromatic nitrogens is 3. The molecule has 7 heteroatoms. The number of aryl methyl sites for hydroxylation is 1. The number of carbonyl (C=O) groups excluding carboxylic acids is 1. The van der Waals surface area contributed by atoms with Gasteiger partial charge in [-0.3, -0.25) is 9.89 Å². The van der Waals surface area contributed by atoms with Crippen molar-refractivity contribution in [2.45, 2.75) is 12.8 Å². The lowest BCUT2D eigenvalue weighted by molar-refractivity contribution is 0.0952. The van der Waals surface area contributed by atoms with E-state index in [9.17, 15) is 9.90 Å². The number of aromatic hydroxyl groups is 1. The standard InChI is InChI=1S/C12H13IN4O2/c13-9-4-3-8(6-10(9)18)12(19)14-5-1-2-11-15-7-16-17-11/h3-4,6-7,18H,1-2,5H2,(H,14,19)(H,15,16,17). The number of benzene rings is 1. The molecule has 1 heterocycles. The van der Waals surface area contributed by atoms with Gasteiger partial charge in [-0.25, -0.2) is 4.98 Å². The maximum absolute atomic E-state index is 11.8. The molecule has 100 valence electrons. The van der Waals surface area contributed by atoms with Crippen LogP contribution in [0, 0.1) is 3.57 Å². The van der Waals surface area contributed by atoms with Gasteiger partial charge in [0.1, 0.15) is 17.9 Å². The van der Waals surface area contributed by atoms with Crippen LogP contribution in [0.25, 0.3) is 0 Å². The van der Waals surface area contributed by atoms with Crippen LogP contribution in [0.4, 0.5) is 0 Å². The van der Waals surface area contributed by atoms with Crippen LogP contribution in [-0.4, -0.2) is 32.7 Å². The molecule has 0 spiro atoms. The minimum absolute atomic E-state index is 0.120. The Morgan fingerprint density at radius 1 is 1.47 bits per heavy atom. The molecular weight excluding hydrogens is 359 g/mol. The van der Waals surface area contributed by atoms with Crippen LogP contribution < -0.4 is 5.32 Å². The highest BCUT2D eigenvalue weighted by Gasteiger charge is 2.07. The fourth-order valence-corrected chi connectivity index (χ4v) is 1.90. The summed E-state index contributed by atoms with van der Waals surface area (Å²) in [5.41, 5.74) is 0.456. The number of phenolic OH excluding ortho intramolecular Hbond substituents is 1. The van der Waals surface area contributed by atoms with Gasteiger partial charge < -0.3 is 10.4 Å². The number of nitrogens with zero attached hydrogens (tertiary/aromatic N) is 2. The molecule has 0 radical (unpaired) electrons. The van der Waals surface area contributed by atoms with E-state index in [1.165, 1.54) is 12.4 Å². The first kappa shape index (κ1) is 13.8. The Labute approximate surface area is 123 Å². The third-order valence-corrected chi connectivity index (χ3v) is 3.46. The van der Waals surface area contributed by atoms with Crippen molar-refractivity contribution in [1.29, 1.82) is 0 Å². The van der Waals surface area contributed by atoms with Crippen LogP contribution >= 0.6 is 22.6 Å². The van der Waals surface area contributed by atoms with Gasteiger partial charge in [0, 0.05) is 18.5 Å². The maximum Gasteiger partial charge on any atom is 0.251 e. The minimum atomic E-state index is -0.190. The van der Waals surface area contributed by atoms with Gasteiger partial charge in [-0.15, -0.1) is 0 Å². The van der Waals surface area contributed by atoms with E-state index in [1.54, 1.807) is 12.1 Å². The van der Waals surface area contributed by atoms with Crippen LogP contribution in [0.5, 0.6) is 5.75 Å². The molecule has 1 aromatic carbocycles. The van der Waals surface area contributed by atoms with E-state index in [1.807, 2.05) is 22.6 Å². The van der Waals surface area contributed by atoms with Crippen molar-refractivity contribution in [3.8, 4) is 5.75 Å². The van der Waals surface area contributed by atoms with Crippen molar-refractivity contribution in [1.82, 2.24) is 20.5 Å². The van der Waals surface area contributed by atoms with Crippen molar-refractivity contribution < 1.29 is 9.90 Å². The number of hydrogen-bond donors (Lipinski definition) is 3. The van der Waals surface area contributed by atoms with E-state index in [4.69, 9.17) is 0 Å². The lowest BCUT2D eigenvalue weighted by atomic mass is 10.2. The molecule has 0 bridgehead atoms. The Morgan fingerprint density at radius 3 is 3.00 bits per heavy atom. The molecule has 3 N–H and O–H groups in total. The molecule has 1 aromatic heterocycles. The Kier molecular flexibility index (Phi) is 4.72. The molecule has 6 nitrogen and oxygen atoms in total. The maximum atomic E-state index is 11.8. The summed E-state index contributed by atoms with van der Waals surface area (Å²) in [4.78, 5) is 15.8. The van der Waals surface area contributed by atoms with E-state index in [0.717, 1.165) is 22.2 Å². The molecule has 0 aliphatic rings. The summed E-state index contributed by atoms with van der Waals surface area (Å²) >= 11 is 2.01. The average molecular weight is 372 g/mol. The van der Waals surface area contributed by atoms with Crippen LogP contribution in [0.15, 0.2) is 24.5 Å². The second kappa shape index (κ2) is 6.50. The predicted octanol–water partition coefficient (Wildman–Crippen LogP) is 1.48. The summed E-state index contributed by atoms with van der Waals surface area (Å²) < 4.78 is 0.722. The third-order valence-electron chi connectivity index (χ3n) is 2.55. The fourth-order valence-electron chi connectivity index (χ4n) is 1.56. The summed E-state index contributed by atoms with van der Waals surface area (Å²) in [6.07, 6.45) is 2.97. The Morgan fingerprint density at radius 2 is 2.32 bits per heavy atom. The number of amides is 1. The molecule has 0 atom stereocenters. The van der Waals surface area contributed by atoms with E-state index in [2.05, 4.69) is 20.5 Å². The van der Waals surface area contributed by atoms with Crippen LogP contribution in [0.3, 0.4) is 0 Å². The van der Waals surface area contributed by atoms with Gasteiger partial charge >= 0.3 is 0 Å². The van der Waals surface area contributed by atoms with Gasteiger partial charge in [0.05, 0.1) is 3.57 Å². The van der Waals surface area contributed by atoms with Gasteiger partial charge in [0.2, 0.25) is 0 Å². The van der Waals surface area contributed by atoms with Gasteiger partial charge in [-0.1, -0.05) is 0 Å². The zero-order chi connectivity index (χ0) is 13.7. The van der Waals surface area contributed by atoms with Gasteiger partial charge in [0.15, 0.2) is 0 Å². The monoisotopic (exact) mass is 372 g/mol. The van der Waals surface area contributed by atoms with Crippen molar-refractivity contribution in [2.75, 3.05) is 6.54 Å². The number of carbonyl (C=O) groups is 1. The van der Waals surface area contributed by atoms with E-state index >= 15 is 0 Å². The summed E-state index contributed by atoms with van der Waals surface area (Å²) in [6.45, 7) is 0.548. The molecule has 2 rings (SSSR count). The van der Waals surface area contributed by atoms with Crippen molar-refractivity contribution in [3.63, 3.8) is 0 Å². The summed E-state index contributed by atoms with van der Waals surface area (Å²) in [5.74, 6) is 0.736. The molecule has 0 saturated carbocycles. The molecular formula is C12H13IN4O2. The zero-order valence-electron chi connectivity index (χ0n) is 10.1. The summed E-state index contributed by atoms with van der Waals surface area (Å²) in [6, 6.07) is 4.86. The van der Waals surface area contributed by atoms with Gasteiger partial charge in [0.25, 0.3) is 5.91 Å². The highest BCUT2D eigenvalue weighted by molar-refractivity contribution is 14.1. The quantitative estimate of drug-likeness (QED) is 0.548. The number of rotatable bonds is 5. The number of hydrogen-bond acceptors (Lipinski definition) is 4. The second-order valence-electron chi connectivity index (χ2n) is 3.96. The number of H-pyrrole nitrogens is 1. The van der Waals surface area contributed by atoms with Crippen LogP contribution in [0.1, 0.15) is 22.6 Å². The fraction of sp³-hybridized carbons (Fsp3) is 0.250. The largest absolute Gasteiger partial charge is 0.507 e. The topological polar surface area (TPSA) is 90.9 Å². The number of aromatic amines is 1. The van der Waals surface area contributed by atoms with Gasteiger partial charge in [-0.05, 0) is 47.2 Å². The third kappa shape index (κ3) is 3.91. The molecule has 0 saturated heterocycles. The molecule has 19 heavy (non-hydrogen) atoms. The highest BCUT2D eigenvalue weighted by Crippen LogP contribution is 2.20. The first-order valence-corrected chi connectivity index (χ1v) is 6.85. The molecule has 0 aliphatic heterocycles. The number of phenols is 1. The average Bonchev–Trinajstić information content (AvgIpc) is 2.91. The molecule has 0 fully saturated rings. The molecule has 1 amide bonds. The summed E-state index contributed by atoms with van der Waals surface area (Å²) in [5, 5.41) is 18.8. The normalized spacial score (nSPS) is 10.4. The minimum Gasteiger partial charge on any atom is -0.507 e.